The smallest absolute Gasteiger partial charge is 0.0698 e. The predicted octanol–water partition coefficient (Wildman–Crippen LogP) is 4.14. The van der Waals surface area contributed by atoms with Crippen molar-refractivity contribution in [2.45, 2.75) is 83.8 Å². The third-order valence-electron chi connectivity index (χ3n) is 5.01. The van der Waals surface area contributed by atoms with Gasteiger partial charge in [-0.3, -0.25) is 0 Å². The minimum atomic E-state index is 0.236. The van der Waals surface area contributed by atoms with Gasteiger partial charge in [-0.1, -0.05) is 33.6 Å². The molecule has 2 saturated carbocycles. The molecule has 2 unspecified atom stereocenters. The van der Waals surface area contributed by atoms with Crippen molar-refractivity contribution in [2.24, 2.45) is 11.8 Å². The molecule has 0 bridgehead atoms. The van der Waals surface area contributed by atoms with E-state index in [1.54, 1.807) is 0 Å². The highest BCUT2D eigenvalue weighted by Gasteiger charge is 2.40. The molecule has 2 aliphatic carbocycles. The van der Waals surface area contributed by atoms with Gasteiger partial charge in [-0.15, -0.1) is 0 Å². The first-order valence-electron chi connectivity index (χ1n) is 8.50. The second kappa shape index (κ2) is 7.08. The average molecular weight is 267 g/mol. The van der Waals surface area contributed by atoms with Crippen LogP contribution in [0.4, 0.5) is 0 Å². The van der Waals surface area contributed by atoms with Gasteiger partial charge in [0.15, 0.2) is 0 Å². The standard InChI is InChI=1S/C17H33NO/c1-14(2)13-18-12-11-17(9-6-10-17)19-16-8-5-4-7-15(16)3/h14-16,18H,4-13H2,1-3H3. The van der Waals surface area contributed by atoms with E-state index in [1.165, 1.54) is 51.4 Å². The van der Waals surface area contributed by atoms with E-state index in [-0.39, 0.29) is 5.60 Å². The van der Waals surface area contributed by atoms with Gasteiger partial charge in [-0.25, -0.2) is 0 Å². The molecule has 2 aliphatic rings. The number of hydrogen-bond donors (Lipinski definition) is 1. The maximum absolute atomic E-state index is 6.59. The molecule has 0 aromatic carbocycles. The Bertz CT molecular complexity index is 260. The summed E-state index contributed by atoms with van der Waals surface area (Å²) in [6.45, 7) is 9.18. The molecule has 2 heteroatoms. The molecule has 112 valence electrons. The van der Waals surface area contributed by atoms with Crippen molar-refractivity contribution < 1.29 is 4.74 Å². The van der Waals surface area contributed by atoms with Gasteiger partial charge >= 0.3 is 0 Å². The molecule has 0 radical (unpaired) electrons. The monoisotopic (exact) mass is 267 g/mol. The zero-order valence-electron chi connectivity index (χ0n) is 13.2. The highest BCUT2D eigenvalue weighted by atomic mass is 16.5. The fraction of sp³-hybridized carbons (Fsp3) is 1.00. The average Bonchev–Trinajstić information content (AvgIpc) is 2.33. The van der Waals surface area contributed by atoms with Gasteiger partial charge in [0.05, 0.1) is 11.7 Å². The number of rotatable bonds is 7. The van der Waals surface area contributed by atoms with E-state index in [4.69, 9.17) is 4.74 Å². The Morgan fingerprint density at radius 3 is 2.47 bits per heavy atom. The first-order valence-corrected chi connectivity index (χ1v) is 8.50. The van der Waals surface area contributed by atoms with E-state index in [0.717, 1.165) is 24.9 Å². The molecule has 0 saturated heterocycles. The Kier molecular flexibility index (Phi) is 5.70. The van der Waals surface area contributed by atoms with Crippen LogP contribution in [-0.2, 0) is 4.74 Å². The molecular weight excluding hydrogens is 234 g/mol. The molecule has 0 heterocycles. The Labute approximate surface area is 119 Å². The molecule has 19 heavy (non-hydrogen) atoms. The van der Waals surface area contributed by atoms with Gasteiger partial charge in [-0.2, -0.15) is 0 Å². The van der Waals surface area contributed by atoms with Crippen LogP contribution in [0.1, 0.15) is 72.1 Å². The Morgan fingerprint density at radius 2 is 1.89 bits per heavy atom. The van der Waals surface area contributed by atoms with Gasteiger partial charge in [0.25, 0.3) is 0 Å². The van der Waals surface area contributed by atoms with Crippen LogP contribution in [0.3, 0.4) is 0 Å². The van der Waals surface area contributed by atoms with Crippen LogP contribution in [0.5, 0.6) is 0 Å². The van der Waals surface area contributed by atoms with Gasteiger partial charge in [0.2, 0.25) is 0 Å². The maximum atomic E-state index is 6.59. The summed E-state index contributed by atoms with van der Waals surface area (Å²) in [6, 6.07) is 0. The first-order chi connectivity index (χ1) is 9.11. The highest BCUT2D eigenvalue weighted by Crippen LogP contribution is 2.42. The summed E-state index contributed by atoms with van der Waals surface area (Å²) in [5.41, 5.74) is 0.236. The predicted molar refractivity (Wildman–Crippen MR) is 81.4 cm³/mol. The summed E-state index contributed by atoms with van der Waals surface area (Å²) in [6.07, 6.45) is 11.1. The summed E-state index contributed by atoms with van der Waals surface area (Å²) in [5, 5.41) is 3.58. The topological polar surface area (TPSA) is 21.3 Å². The fourth-order valence-corrected chi connectivity index (χ4v) is 3.48. The quantitative estimate of drug-likeness (QED) is 0.700. The molecule has 0 amide bonds. The lowest BCUT2D eigenvalue weighted by molar-refractivity contribution is -0.164. The van der Waals surface area contributed by atoms with Crippen LogP contribution in [0.15, 0.2) is 0 Å². The van der Waals surface area contributed by atoms with Crippen molar-refractivity contribution in [1.82, 2.24) is 5.32 Å². The van der Waals surface area contributed by atoms with E-state index >= 15 is 0 Å². The summed E-state index contributed by atoms with van der Waals surface area (Å²) < 4.78 is 6.59. The van der Waals surface area contributed by atoms with Crippen molar-refractivity contribution in [2.75, 3.05) is 13.1 Å². The third-order valence-corrected chi connectivity index (χ3v) is 5.01. The van der Waals surface area contributed by atoms with Crippen LogP contribution in [0, 0.1) is 11.8 Å². The van der Waals surface area contributed by atoms with Crippen molar-refractivity contribution in [1.29, 1.82) is 0 Å². The lowest BCUT2D eigenvalue weighted by Crippen LogP contribution is -2.47. The summed E-state index contributed by atoms with van der Waals surface area (Å²) in [5.74, 6) is 1.52. The van der Waals surface area contributed by atoms with E-state index in [2.05, 4.69) is 26.1 Å². The van der Waals surface area contributed by atoms with Crippen LogP contribution >= 0.6 is 0 Å². The van der Waals surface area contributed by atoms with E-state index in [1.807, 2.05) is 0 Å². The molecule has 0 spiro atoms. The van der Waals surface area contributed by atoms with Crippen molar-refractivity contribution in [3.8, 4) is 0 Å². The molecule has 2 nitrogen and oxygen atoms in total. The van der Waals surface area contributed by atoms with Crippen LogP contribution in [0.25, 0.3) is 0 Å². The summed E-state index contributed by atoms with van der Waals surface area (Å²) in [4.78, 5) is 0. The van der Waals surface area contributed by atoms with Gasteiger partial charge in [-0.05, 0) is 63.5 Å². The largest absolute Gasteiger partial charge is 0.371 e. The minimum absolute atomic E-state index is 0.236. The number of hydrogen-bond acceptors (Lipinski definition) is 2. The molecule has 1 N–H and O–H groups in total. The van der Waals surface area contributed by atoms with Gasteiger partial charge in [0, 0.05) is 0 Å². The fourth-order valence-electron chi connectivity index (χ4n) is 3.48. The molecule has 2 atom stereocenters. The van der Waals surface area contributed by atoms with Crippen molar-refractivity contribution in [3.05, 3.63) is 0 Å². The lowest BCUT2D eigenvalue weighted by Gasteiger charge is -2.46. The molecular formula is C17H33NO. The Balaban J connectivity index is 1.74. The molecule has 2 fully saturated rings. The van der Waals surface area contributed by atoms with E-state index < -0.39 is 0 Å². The van der Waals surface area contributed by atoms with Crippen molar-refractivity contribution >= 4 is 0 Å². The summed E-state index contributed by atoms with van der Waals surface area (Å²) in [7, 11) is 0. The Morgan fingerprint density at radius 1 is 1.16 bits per heavy atom. The Hall–Kier alpha value is -0.0800. The zero-order valence-corrected chi connectivity index (χ0v) is 13.2. The van der Waals surface area contributed by atoms with Crippen LogP contribution in [0.2, 0.25) is 0 Å². The van der Waals surface area contributed by atoms with Crippen molar-refractivity contribution in [3.63, 3.8) is 0 Å². The minimum Gasteiger partial charge on any atom is -0.371 e. The second-order valence-corrected chi connectivity index (χ2v) is 7.30. The lowest BCUT2D eigenvalue weighted by atomic mass is 9.76. The first kappa shape index (κ1) is 15.3. The number of nitrogens with one attached hydrogen (secondary N) is 1. The van der Waals surface area contributed by atoms with Crippen LogP contribution in [-0.4, -0.2) is 24.8 Å². The number of ether oxygens (including phenoxy) is 1. The normalized spacial score (nSPS) is 30.3. The van der Waals surface area contributed by atoms with E-state index in [0.29, 0.717) is 6.10 Å². The third kappa shape index (κ3) is 4.46. The highest BCUT2D eigenvalue weighted by molar-refractivity contribution is 4.92. The SMILES string of the molecule is CC(C)CNCCC1(OC2CCCCC2C)CCC1. The molecule has 0 aromatic heterocycles. The molecule has 0 aromatic rings. The zero-order chi connectivity index (χ0) is 13.7. The molecule has 2 rings (SSSR count). The summed E-state index contributed by atoms with van der Waals surface area (Å²) >= 11 is 0. The second-order valence-electron chi connectivity index (χ2n) is 7.30. The van der Waals surface area contributed by atoms with E-state index in [9.17, 15) is 0 Å². The van der Waals surface area contributed by atoms with Crippen LogP contribution < -0.4 is 5.32 Å². The maximum Gasteiger partial charge on any atom is 0.0698 e. The van der Waals surface area contributed by atoms with Gasteiger partial charge < -0.3 is 10.1 Å². The molecule has 0 aliphatic heterocycles. The van der Waals surface area contributed by atoms with Gasteiger partial charge in [0.1, 0.15) is 0 Å².